The van der Waals surface area contributed by atoms with Crippen LogP contribution in [0.1, 0.15) is 49.0 Å². The van der Waals surface area contributed by atoms with Gasteiger partial charge in [-0.05, 0) is 74.5 Å². The van der Waals surface area contributed by atoms with Crippen molar-refractivity contribution in [2.24, 2.45) is 17.8 Å². The van der Waals surface area contributed by atoms with Gasteiger partial charge in [0.2, 0.25) is 0 Å². The standard InChI is InChI=1S/C20H22ClN3O/c21-16-3-1-15(2-4-16)17-8-18(24-23-17)19(25)22-20-9-12-5-13(10-20)7-14(6-12)11-20/h1-4,8,12-14H,5-7,9-11H2,(H,22,25)(H,23,24). The third-order valence-corrected chi connectivity index (χ3v) is 6.63. The predicted octanol–water partition coefficient (Wildman–Crippen LogP) is 4.43. The molecule has 1 amide bonds. The van der Waals surface area contributed by atoms with E-state index in [1.807, 2.05) is 30.3 Å². The van der Waals surface area contributed by atoms with Crippen LogP contribution < -0.4 is 5.32 Å². The van der Waals surface area contributed by atoms with Crippen molar-refractivity contribution in [1.82, 2.24) is 15.5 Å². The average Bonchev–Trinajstić information content (AvgIpc) is 3.04. The molecule has 1 aromatic carbocycles. The van der Waals surface area contributed by atoms with Crippen LogP contribution in [0.3, 0.4) is 0 Å². The fraction of sp³-hybridized carbons (Fsp3) is 0.500. The van der Waals surface area contributed by atoms with Crippen molar-refractivity contribution in [3.63, 3.8) is 0 Å². The van der Waals surface area contributed by atoms with Gasteiger partial charge in [-0.25, -0.2) is 0 Å². The smallest absolute Gasteiger partial charge is 0.269 e. The van der Waals surface area contributed by atoms with Crippen LogP contribution in [0, 0.1) is 17.8 Å². The van der Waals surface area contributed by atoms with E-state index in [1.165, 1.54) is 19.3 Å². The largest absolute Gasteiger partial charge is 0.345 e. The number of aromatic nitrogens is 2. The lowest BCUT2D eigenvalue weighted by Gasteiger charge is -2.56. The van der Waals surface area contributed by atoms with Crippen LogP contribution in [0.2, 0.25) is 5.02 Å². The average molecular weight is 356 g/mol. The Balaban J connectivity index is 1.34. The van der Waals surface area contributed by atoms with E-state index in [1.54, 1.807) is 0 Å². The zero-order chi connectivity index (χ0) is 17.0. The summed E-state index contributed by atoms with van der Waals surface area (Å²) in [6.45, 7) is 0. The van der Waals surface area contributed by atoms with Crippen LogP contribution in [-0.2, 0) is 0 Å². The van der Waals surface area contributed by atoms with Crippen LogP contribution in [0.15, 0.2) is 30.3 Å². The van der Waals surface area contributed by atoms with Gasteiger partial charge in [0, 0.05) is 16.1 Å². The third kappa shape index (κ3) is 2.77. The number of carbonyl (C=O) groups is 1. The molecule has 0 radical (unpaired) electrons. The Bertz CT molecular complexity index is 775. The molecule has 0 saturated heterocycles. The molecular formula is C20H22ClN3O. The fourth-order valence-corrected chi connectivity index (χ4v) is 5.90. The van der Waals surface area contributed by atoms with E-state index in [0.717, 1.165) is 48.3 Å². The minimum Gasteiger partial charge on any atom is -0.345 e. The van der Waals surface area contributed by atoms with E-state index in [0.29, 0.717) is 10.7 Å². The van der Waals surface area contributed by atoms with E-state index in [2.05, 4.69) is 15.5 Å². The highest BCUT2D eigenvalue weighted by molar-refractivity contribution is 6.30. The van der Waals surface area contributed by atoms with Crippen LogP contribution in [0.4, 0.5) is 0 Å². The van der Waals surface area contributed by atoms with Gasteiger partial charge in [-0.15, -0.1) is 0 Å². The summed E-state index contributed by atoms with van der Waals surface area (Å²) < 4.78 is 0. The molecule has 4 fully saturated rings. The van der Waals surface area contributed by atoms with Gasteiger partial charge < -0.3 is 5.32 Å². The van der Waals surface area contributed by atoms with Crippen LogP contribution >= 0.6 is 11.6 Å². The lowest BCUT2D eigenvalue weighted by Crippen LogP contribution is -2.59. The number of aromatic amines is 1. The molecular weight excluding hydrogens is 334 g/mol. The Morgan fingerprint density at radius 3 is 2.28 bits per heavy atom. The summed E-state index contributed by atoms with van der Waals surface area (Å²) in [6, 6.07) is 9.33. The SMILES string of the molecule is O=C(NC12CC3CC(CC(C3)C1)C2)c1cc(-c2ccc(Cl)cc2)n[nH]1. The summed E-state index contributed by atoms with van der Waals surface area (Å²) in [6.07, 6.45) is 7.59. The maximum atomic E-state index is 12.8. The van der Waals surface area contributed by atoms with E-state index in [-0.39, 0.29) is 11.4 Å². The van der Waals surface area contributed by atoms with Crippen molar-refractivity contribution in [3.05, 3.63) is 41.0 Å². The second kappa shape index (κ2) is 5.60. The molecule has 130 valence electrons. The molecule has 6 rings (SSSR count). The second-order valence-electron chi connectivity index (χ2n) is 8.33. The summed E-state index contributed by atoms with van der Waals surface area (Å²) in [5, 5.41) is 11.3. The summed E-state index contributed by atoms with van der Waals surface area (Å²) in [4.78, 5) is 12.8. The van der Waals surface area contributed by atoms with Gasteiger partial charge in [-0.3, -0.25) is 9.89 Å². The van der Waals surface area contributed by atoms with E-state index in [9.17, 15) is 4.79 Å². The van der Waals surface area contributed by atoms with Crippen molar-refractivity contribution in [2.75, 3.05) is 0 Å². The predicted molar refractivity (Wildman–Crippen MR) is 97.4 cm³/mol. The summed E-state index contributed by atoms with van der Waals surface area (Å²) >= 11 is 5.93. The van der Waals surface area contributed by atoms with E-state index in [4.69, 9.17) is 11.6 Å². The first-order valence-electron chi connectivity index (χ1n) is 9.22. The summed E-state index contributed by atoms with van der Waals surface area (Å²) in [5.41, 5.74) is 2.29. The molecule has 0 aliphatic heterocycles. The molecule has 4 bridgehead atoms. The molecule has 4 aliphatic carbocycles. The minimum absolute atomic E-state index is 0.0188. The van der Waals surface area contributed by atoms with Gasteiger partial charge in [0.05, 0.1) is 5.69 Å². The van der Waals surface area contributed by atoms with Gasteiger partial charge in [0.1, 0.15) is 5.69 Å². The molecule has 2 aromatic rings. The molecule has 0 atom stereocenters. The molecule has 1 heterocycles. The Kier molecular flexibility index (Phi) is 3.46. The van der Waals surface area contributed by atoms with Gasteiger partial charge in [-0.2, -0.15) is 5.10 Å². The topological polar surface area (TPSA) is 57.8 Å². The van der Waals surface area contributed by atoms with Crippen molar-refractivity contribution < 1.29 is 4.79 Å². The Hall–Kier alpha value is -1.81. The molecule has 5 heteroatoms. The van der Waals surface area contributed by atoms with Gasteiger partial charge >= 0.3 is 0 Å². The quantitative estimate of drug-likeness (QED) is 0.855. The van der Waals surface area contributed by atoms with Crippen molar-refractivity contribution in [1.29, 1.82) is 0 Å². The van der Waals surface area contributed by atoms with Gasteiger partial charge in [0.15, 0.2) is 0 Å². The second-order valence-corrected chi connectivity index (χ2v) is 8.76. The van der Waals surface area contributed by atoms with Crippen LogP contribution in [0.5, 0.6) is 0 Å². The molecule has 4 aliphatic rings. The van der Waals surface area contributed by atoms with Gasteiger partial charge in [0.25, 0.3) is 5.91 Å². The van der Waals surface area contributed by atoms with Gasteiger partial charge in [-0.1, -0.05) is 23.7 Å². The Morgan fingerprint density at radius 1 is 1.08 bits per heavy atom. The highest BCUT2D eigenvalue weighted by Gasteiger charge is 2.51. The highest BCUT2D eigenvalue weighted by atomic mass is 35.5. The van der Waals surface area contributed by atoms with E-state index < -0.39 is 0 Å². The Morgan fingerprint density at radius 2 is 1.68 bits per heavy atom. The number of rotatable bonds is 3. The number of benzene rings is 1. The summed E-state index contributed by atoms with van der Waals surface area (Å²) in [7, 11) is 0. The maximum absolute atomic E-state index is 12.8. The number of H-pyrrole nitrogens is 1. The number of hydrogen-bond donors (Lipinski definition) is 2. The molecule has 1 aromatic heterocycles. The molecule has 4 saturated carbocycles. The lowest BCUT2D eigenvalue weighted by molar-refractivity contribution is -0.0167. The van der Waals surface area contributed by atoms with Crippen molar-refractivity contribution in [3.8, 4) is 11.3 Å². The molecule has 0 unspecified atom stereocenters. The number of nitrogens with zero attached hydrogens (tertiary/aromatic N) is 1. The fourth-order valence-electron chi connectivity index (χ4n) is 5.78. The number of carbonyl (C=O) groups excluding carboxylic acids is 1. The van der Waals surface area contributed by atoms with E-state index >= 15 is 0 Å². The highest BCUT2D eigenvalue weighted by Crippen LogP contribution is 2.55. The van der Waals surface area contributed by atoms with Crippen molar-refractivity contribution in [2.45, 2.75) is 44.1 Å². The van der Waals surface area contributed by atoms with Crippen LogP contribution in [-0.4, -0.2) is 21.6 Å². The minimum atomic E-state index is -0.0188. The first-order valence-corrected chi connectivity index (χ1v) is 9.60. The number of halogens is 1. The number of amides is 1. The molecule has 0 spiro atoms. The first kappa shape index (κ1) is 15.4. The lowest BCUT2D eigenvalue weighted by atomic mass is 9.53. The normalized spacial score (nSPS) is 32.8. The van der Waals surface area contributed by atoms with Crippen LogP contribution in [0.25, 0.3) is 11.3 Å². The monoisotopic (exact) mass is 355 g/mol. The first-order chi connectivity index (χ1) is 12.1. The molecule has 2 N–H and O–H groups in total. The van der Waals surface area contributed by atoms with Crippen molar-refractivity contribution >= 4 is 17.5 Å². The Labute approximate surface area is 152 Å². The number of hydrogen-bond acceptors (Lipinski definition) is 2. The third-order valence-electron chi connectivity index (χ3n) is 6.38. The maximum Gasteiger partial charge on any atom is 0.269 e. The molecule has 25 heavy (non-hydrogen) atoms. The zero-order valence-electron chi connectivity index (χ0n) is 14.1. The number of nitrogens with one attached hydrogen (secondary N) is 2. The molecule has 4 nitrogen and oxygen atoms in total. The summed E-state index contributed by atoms with van der Waals surface area (Å²) in [5.74, 6) is 2.43. The zero-order valence-corrected chi connectivity index (χ0v) is 14.9.